The molecule has 0 saturated carbocycles. The first-order chi connectivity index (χ1) is 15.6. The molecule has 2 aromatic heterocycles. The van der Waals surface area contributed by atoms with Crippen LogP contribution in [0.5, 0.6) is 0 Å². The van der Waals surface area contributed by atoms with Crippen LogP contribution in [-0.4, -0.2) is 32.3 Å². The number of carbonyl (C=O) groups is 1. The predicted octanol–water partition coefficient (Wildman–Crippen LogP) is 5.75. The van der Waals surface area contributed by atoms with Crippen molar-refractivity contribution < 1.29 is 4.79 Å². The van der Waals surface area contributed by atoms with Crippen LogP contribution in [0.3, 0.4) is 0 Å². The molecule has 5 heteroatoms. The topological polar surface area (TPSA) is 30.2 Å². The average molecular weight is 439 g/mol. The van der Waals surface area contributed by atoms with E-state index in [4.69, 9.17) is 0 Å². The number of rotatable bonds is 6. The Morgan fingerprint density at radius 2 is 1.53 bits per heavy atom. The maximum Gasteiger partial charge on any atom is 0.255 e. The minimum Gasteiger partial charge on any atom is -0.343 e. The van der Waals surface area contributed by atoms with E-state index in [0.717, 1.165) is 44.1 Å². The van der Waals surface area contributed by atoms with Crippen LogP contribution in [0.1, 0.15) is 18.1 Å². The van der Waals surface area contributed by atoms with Gasteiger partial charge in [0.1, 0.15) is 0 Å². The maximum absolute atomic E-state index is 13.8. The Hall–Kier alpha value is -3.36. The van der Waals surface area contributed by atoms with E-state index in [2.05, 4.69) is 81.1 Å². The van der Waals surface area contributed by atoms with Gasteiger partial charge in [0.05, 0.1) is 17.1 Å². The molecular weight excluding hydrogens is 413 g/mol. The largest absolute Gasteiger partial charge is 0.343 e. The lowest BCUT2D eigenvalue weighted by Gasteiger charge is -2.22. The van der Waals surface area contributed by atoms with Gasteiger partial charge in [-0.05, 0) is 34.0 Å². The molecule has 0 spiro atoms. The van der Waals surface area contributed by atoms with Gasteiger partial charge in [-0.2, -0.15) is 0 Å². The van der Waals surface area contributed by atoms with Crippen molar-refractivity contribution in [1.82, 2.24) is 13.8 Å². The molecule has 2 unspecified atom stereocenters. The summed E-state index contributed by atoms with van der Waals surface area (Å²) in [5.74, 6) is 0.0505. The lowest BCUT2D eigenvalue weighted by molar-refractivity contribution is -0.124. The van der Waals surface area contributed by atoms with Crippen molar-refractivity contribution in [1.29, 1.82) is 0 Å². The second-order valence-corrected chi connectivity index (χ2v) is 8.74. The summed E-state index contributed by atoms with van der Waals surface area (Å²) in [4.78, 5) is 15.7. The van der Waals surface area contributed by atoms with Gasteiger partial charge in [0.2, 0.25) is 0 Å². The fourth-order valence-corrected chi connectivity index (χ4v) is 5.33. The molecule has 0 bridgehead atoms. The number of benzene rings is 2. The standard InChI is InChI=1S/C27H26N3OP/c1-4-14-28-16-21(19-10-6-8-12-23(19)28)26-25(18(3)29(15-5-2)27(26)31)22-17-30(32)24-13-9-7-11-20(22)24/h4-13,16-18H,1-2,14-15,32H2,3H3. The van der Waals surface area contributed by atoms with Crippen LogP contribution in [0.2, 0.25) is 0 Å². The molecule has 1 aliphatic heterocycles. The van der Waals surface area contributed by atoms with Crippen molar-refractivity contribution in [3.8, 4) is 0 Å². The van der Waals surface area contributed by atoms with Gasteiger partial charge in [0.15, 0.2) is 0 Å². The van der Waals surface area contributed by atoms with Crippen molar-refractivity contribution >= 4 is 48.2 Å². The highest BCUT2D eigenvalue weighted by atomic mass is 31.0. The Bertz CT molecular complexity index is 1420. The Kier molecular flexibility index (Phi) is 5.11. The molecule has 1 aliphatic rings. The Labute approximate surface area is 190 Å². The van der Waals surface area contributed by atoms with Crippen molar-refractivity contribution in [2.75, 3.05) is 6.54 Å². The van der Waals surface area contributed by atoms with Gasteiger partial charge in [-0.25, -0.2) is 0 Å². The Balaban J connectivity index is 1.85. The van der Waals surface area contributed by atoms with Crippen molar-refractivity contribution in [3.63, 3.8) is 0 Å². The maximum atomic E-state index is 13.8. The number of hydrogen-bond acceptors (Lipinski definition) is 1. The number of para-hydroxylation sites is 2. The van der Waals surface area contributed by atoms with Crippen molar-refractivity contribution in [2.45, 2.75) is 19.5 Å². The average Bonchev–Trinajstić information content (AvgIpc) is 3.40. The van der Waals surface area contributed by atoms with Gasteiger partial charge in [-0.3, -0.25) is 4.79 Å². The summed E-state index contributed by atoms with van der Waals surface area (Å²) >= 11 is 0. The van der Waals surface area contributed by atoms with Gasteiger partial charge in [-0.1, -0.05) is 48.6 Å². The second kappa shape index (κ2) is 7.96. The summed E-state index contributed by atoms with van der Waals surface area (Å²) in [6.45, 7) is 11.1. The zero-order chi connectivity index (χ0) is 22.4. The van der Waals surface area contributed by atoms with Crippen LogP contribution >= 0.6 is 9.39 Å². The fraction of sp³-hybridized carbons (Fsp3) is 0.148. The summed E-state index contributed by atoms with van der Waals surface area (Å²) in [5.41, 5.74) is 6.14. The number of amides is 1. The molecule has 0 aliphatic carbocycles. The molecule has 2 atom stereocenters. The third-order valence-corrected chi connectivity index (χ3v) is 6.80. The van der Waals surface area contributed by atoms with Gasteiger partial charge >= 0.3 is 0 Å². The summed E-state index contributed by atoms with van der Waals surface area (Å²) in [6.07, 6.45) is 7.91. The molecular formula is C27H26N3OP. The highest BCUT2D eigenvalue weighted by Gasteiger charge is 2.39. The summed E-state index contributed by atoms with van der Waals surface area (Å²) in [7, 11) is 2.77. The first-order valence-electron chi connectivity index (χ1n) is 10.8. The molecule has 32 heavy (non-hydrogen) atoms. The first kappa shape index (κ1) is 20.5. The summed E-state index contributed by atoms with van der Waals surface area (Å²) in [6, 6.07) is 16.5. The molecule has 1 amide bonds. The van der Waals surface area contributed by atoms with Gasteiger partial charge in [0.25, 0.3) is 5.91 Å². The van der Waals surface area contributed by atoms with Crippen LogP contribution in [-0.2, 0) is 11.3 Å². The van der Waals surface area contributed by atoms with Gasteiger partial charge < -0.3 is 13.8 Å². The Morgan fingerprint density at radius 1 is 0.906 bits per heavy atom. The van der Waals surface area contributed by atoms with E-state index in [1.165, 1.54) is 0 Å². The fourth-order valence-electron chi connectivity index (χ4n) is 4.96. The second-order valence-electron chi connectivity index (χ2n) is 8.18. The molecule has 0 saturated heterocycles. The Morgan fingerprint density at radius 3 is 2.22 bits per heavy atom. The molecule has 0 N–H and O–H groups in total. The van der Waals surface area contributed by atoms with E-state index in [-0.39, 0.29) is 11.9 Å². The monoisotopic (exact) mass is 439 g/mol. The van der Waals surface area contributed by atoms with Gasteiger partial charge in [-0.15, -0.1) is 13.2 Å². The smallest absolute Gasteiger partial charge is 0.255 e. The highest BCUT2D eigenvalue weighted by Crippen LogP contribution is 2.44. The lowest BCUT2D eigenvalue weighted by Crippen LogP contribution is -2.33. The number of nitrogens with zero attached hydrogens (tertiary/aromatic N) is 3. The molecule has 2 aromatic carbocycles. The van der Waals surface area contributed by atoms with Crippen LogP contribution in [0.4, 0.5) is 0 Å². The molecule has 3 heterocycles. The third-order valence-electron chi connectivity index (χ3n) is 6.37. The van der Waals surface area contributed by atoms with Gasteiger partial charge in [0, 0.05) is 52.9 Å². The molecule has 4 aromatic rings. The van der Waals surface area contributed by atoms with E-state index in [9.17, 15) is 4.79 Å². The molecule has 0 fully saturated rings. The number of carbonyl (C=O) groups excluding carboxylic acids is 1. The number of allylic oxidation sites excluding steroid dienone is 1. The van der Waals surface area contributed by atoms with Crippen molar-refractivity contribution in [3.05, 3.63) is 97.4 Å². The van der Waals surface area contributed by atoms with E-state index in [0.29, 0.717) is 13.1 Å². The van der Waals surface area contributed by atoms with Crippen LogP contribution in [0.15, 0.2) is 86.2 Å². The zero-order valence-corrected chi connectivity index (χ0v) is 19.3. The molecule has 4 nitrogen and oxygen atoms in total. The lowest BCUT2D eigenvalue weighted by atomic mass is 9.93. The minimum absolute atomic E-state index is 0.0505. The van der Waals surface area contributed by atoms with Crippen molar-refractivity contribution in [2.24, 2.45) is 0 Å². The SMILES string of the molecule is C=CCN1C(=O)C(c2cn(CC=C)c3ccccc23)=C(c2cn(P)c3ccccc23)C1C. The van der Waals surface area contributed by atoms with E-state index in [1.54, 1.807) is 6.08 Å². The molecule has 5 rings (SSSR count). The highest BCUT2D eigenvalue weighted by molar-refractivity contribution is 7.14. The number of fused-ring (bicyclic) bond motifs is 2. The van der Waals surface area contributed by atoms with E-state index >= 15 is 0 Å². The van der Waals surface area contributed by atoms with Crippen LogP contribution in [0, 0.1) is 0 Å². The first-order valence-corrected chi connectivity index (χ1v) is 11.3. The normalized spacial score (nSPS) is 16.5. The number of hydrogen-bond donors (Lipinski definition) is 0. The minimum atomic E-state index is -0.0622. The van der Waals surface area contributed by atoms with E-state index in [1.807, 2.05) is 29.2 Å². The molecule has 0 radical (unpaired) electrons. The third kappa shape index (κ3) is 2.98. The predicted molar refractivity (Wildman–Crippen MR) is 137 cm³/mol. The summed E-state index contributed by atoms with van der Waals surface area (Å²) in [5, 5.41) is 2.22. The van der Waals surface area contributed by atoms with Crippen LogP contribution < -0.4 is 0 Å². The van der Waals surface area contributed by atoms with E-state index < -0.39 is 0 Å². The summed E-state index contributed by atoms with van der Waals surface area (Å²) < 4.78 is 4.22. The quantitative estimate of drug-likeness (QED) is 0.278. The zero-order valence-electron chi connectivity index (χ0n) is 18.2. The molecule has 160 valence electrons. The van der Waals surface area contributed by atoms with Crippen LogP contribution in [0.25, 0.3) is 33.0 Å². The number of aromatic nitrogens is 2.